The summed E-state index contributed by atoms with van der Waals surface area (Å²) in [6, 6.07) is 15.5. The Morgan fingerprint density at radius 2 is 1.84 bits per heavy atom. The maximum absolute atomic E-state index is 5.68. The zero-order valence-electron chi connectivity index (χ0n) is 11.1. The van der Waals surface area contributed by atoms with Crippen LogP contribution in [0.4, 0.5) is 0 Å². The number of benzene rings is 2. The van der Waals surface area contributed by atoms with Crippen molar-refractivity contribution >= 4 is 11.8 Å². The number of rotatable bonds is 4. The van der Waals surface area contributed by atoms with Crippen LogP contribution in [0.1, 0.15) is 28.7 Å². The lowest BCUT2D eigenvalue weighted by atomic mass is 10.1. The number of hydrogen-bond donors (Lipinski definition) is 1. The molecule has 2 aromatic rings. The maximum atomic E-state index is 5.68. The molecule has 2 aromatic carbocycles. The van der Waals surface area contributed by atoms with E-state index in [9.17, 15) is 0 Å². The molecule has 19 heavy (non-hydrogen) atoms. The Balaban J connectivity index is 1.68. The molecule has 2 N–H and O–H groups in total. The molecule has 0 amide bonds. The van der Waals surface area contributed by atoms with Gasteiger partial charge in [0.1, 0.15) is 0 Å². The first kappa shape index (κ1) is 12.8. The lowest BCUT2D eigenvalue weighted by Crippen LogP contribution is -1.95. The summed E-state index contributed by atoms with van der Waals surface area (Å²) in [4.78, 5) is 1.31. The van der Waals surface area contributed by atoms with Gasteiger partial charge in [0.05, 0.1) is 0 Å². The van der Waals surface area contributed by atoms with Crippen molar-refractivity contribution in [3.8, 4) is 0 Å². The second-order valence-electron chi connectivity index (χ2n) is 5.10. The molecule has 1 aliphatic carbocycles. The second kappa shape index (κ2) is 5.81. The third-order valence-electron chi connectivity index (χ3n) is 3.70. The number of fused-ring (bicyclic) bond motifs is 1. The minimum Gasteiger partial charge on any atom is -0.326 e. The Bertz CT molecular complexity index is 577. The topological polar surface area (TPSA) is 26.0 Å². The highest BCUT2D eigenvalue weighted by atomic mass is 32.2. The van der Waals surface area contributed by atoms with Crippen molar-refractivity contribution in [2.45, 2.75) is 36.5 Å². The standard InChI is InChI=1S/C17H19NS/c18-11-13-3-1-6-17(10-13)19-12-14-7-8-15-4-2-5-16(15)9-14/h1,3,6-10H,2,4-5,11-12,18H2. The van der Waals surface area contributed by atoms with E-state index in [1.807, 2.05) is 11.8 Å². The van der Waals surface area contributed by atoms with Crippen molar-refractivity contribution in [2.24, 2.45) is 5.73 Å². The molecule has 1 nitrogen and oxygen atoms in total. The molecule has 0 heterocycles. The lowest BCUT2D eigenvalue weighted by molar-refractivity contribution is 0.911. The smallest absolute Gasteiger partial charge is 0.0232 e. The Morgan fingerprint density at radius 1 is 0.947 bits per heavy atom. The Kier molecular flexibility index (Phi) is 3.90. The van der Waals surface area contributed by atoms with Crippen LogP contribution in [0.25, 0.3) is 0 Å². The van der Waals surface area contributed by atoms with E-state index in [1.165, 1.54) is 35.3 Å². The summed E-state index contributed by atoms with van der Waals surface area (Å²) in [5.41, 5.74) is 11.4. The molecular formula is C17H19NS. The highest BCUT2D eigenvalue weighted by molar-refractivity contribution is 7.98. The highest BCUT2D eigenvalue weighted by Gasteiger charge is 2.10. The number of thioether (sulfide) groups is 1. The lowest BCUT2D eigenvalue weighted by Gasteiger charge is -2.06. The Labute approximate surface area is 119 Å². The van der Waals surface area contributed by atoms with Crippen LogP contribution < -0.4 is 5.73 Å². The van der Waals surface area contributed by atoms with Crippen molar-refractivity contribution in [3.05, 3.63) is 64.7 Å². The average Bonchev–Trinajstić information content (AvgIpc) is 2.93. The maximum Gasteiger partial charge on any atom is 0.0232 e. The van der Waals surface area contributed by atoms with E-state index in [2.05, 4.69) is 42.5 Å². The minimum absolute atomic E-state index is 0.618. The molecule has 0 bridgehead atoms. The molecule has 0 spiro atoms. The van der Waals surface area contributed by atoms with Crippen molar-refractivity contribution < 1.29 is 0 Å². The van der Waals surface area contributed by atoms with Gasteiger partial charge in [-0.15, -0.1) is 11.8 Å². The van der Waals surface area contributed by atoms with Gasteiger partial charge >= 0.3 is 0 Å². The molecule has 0 saturated heterocycles. The molecule has 0 fully saturated rings. The van der Waals surface area contributed by atoms with Gasteiger partial charge in [0.2, 0.25) is 0 Å². The predicted octanol–water partition coefficient (Wildman–Crippen LogP) is 3.93. The van der Waals surface area contributed by atoms with Gasteiger partial charge in [-0.3, -0.25) is 0 Å². The molecule has 2 heteroatoms. The van der Waals surface area contributed by atoms with Crippen LogP contribution in [0.5, 0.6) is 0 Å². The van der Waals surface area contributed by atoms with E-state index in [0.717, 1.165) is 5.75 Å². The van der Waals surface area contributed by atoms with Crippen LogP contribution in [0, 0.1) is 0 Å². The summed E-state index contributed by atoms with van der Waals surface area (Å²) in [6.07, 6.45) is 3.85. The minimum atomic E-state index is 0.618. The molecule has 98 valence electrons. The van der Waals surface area contributed by atoms with Crippen molar-refractivity contribution in [1.29, 1.82) is 0 Å². The first-order valence-electron chi connectivity index (χ1n) is 6.87. The molecule has 0 unspecified atom stereocenters. The van der Waals surface area contributed by atoms with Gasteiger partial charge in [-0.1, -0.05) is 30.3 Å². The normalized spacial score (nSPS) is 13.5. The first-order chi connectivity index (χ1) is 9.35. The summed E-state index contributed by atoms with van der Waals surface area (Å²) >= 11 is 1.89. The summed E-state index contributed by atoms with van der Waals surface area (Å²) in [5.74, 6) is 1.04. The predicted molar refractivity (Wildman–Crippen MR) is 82.4 cm³/mol. The average molecular weight is 269 g/mol. The van der Waals surface area contributed by atoms with E-state index in [4.69, 9.17) is 5.73 Å². The van der Waals surface area contributed by atoms with Gasteiger partial charge in [-0.05, 0) is 53.6 Å². The quantitative estimate of drug-likeness (QED) is 0.851. The first-order valence-corrected chi connectivity index (χ1v) is 7.86. The second-order valence-corrected chi connectivity index (χ2v) is 6.15. The fraction of sp³-hybridized carbons (Fsp3) is 0.294. The van der Waals surface area contributed by atoms with Crippen LogP contribution in [0.15, 0.2) is 47.4 Å². The fourth-order valence-corrected chi connectivity index (χ4v) is 3.57. The van der Waals surface area contributed by atoms with E-state index < -0.39 is 0 Å². The van der Waals surface area contributed by atoms with Crippen LogP contribution in [-0.2, 0) is 25.1 Å². The van der Waals surface area contributed by atoms with Crippen LogP contribution >= 0.6 is 11.8 Å². The van der Waals surface area contributed by atoms with Gasteiger partial charge in [0, 0.05) is 17.2 Å². The molecule has 0 atom stereocenters. The fourth-order valence-electron chi connectivity index (χ4n) is 2.64. The van der Waals surface area contributed by atoms with Gasteiger partial charge < -0.3 is 5.73 Å². The van der Waals surface area contributed by atoms with Crippen molar-refractivity contribution in [2.75, 3.05) is 0 Å². The Morgan fingerprint density at radius 3 is 2.74 bits per heavy atom. The monoisotopic (exact) mass is 269 g/mol. The summed E-state index contributed by atoms with van der Waals surface area (Å²) in [5, 5.41) is 0. The summed E-state index contributed by atoms with van der Waals surface area (Å²) in [7, 11) is 0. The SMILES string of the molecule is NCc1cccc(SCc2ccc3c(c2)CCC3)c1. The molecule has 0 radical (unpaired) electrons. The number of hydrogen-bond acceptors (Lipinski definition) is 2. The highest BCUT2D eigenvalue weighted by Crippen LogP contribution is 2.27. The zero-order chi connectivity index (χ0) is 13.1. The molecule has 0 aromatic heterocycles. The number of aryl methyl sites for hydroxylation is 2. The van der Waals surface area contributed by atoms with Crippen molar-refractivity contribution in [3.63, 3.8) is 0 Å². The summed E-state index contributed by atoms with van der Waals surface area (Å²) < 4.78 is 0. The van der Waals surface area contributed by atoms with Gasteiger partial charge in [-0.25, -0.2) is 0 Å². The van der Waals surface area contributed by atoms with Gasteiger partial charge in [0.15, 0.2) is 0 Å². The van der Waals surface area contributed by atoms with Gasteiger partial charge in [0.25, 0.3) is 0 Å². The molecular weight excluding hydrogens is 250 g/mol. The van der Waals surface area contributed by atoms with Crippen LogP contribution in [0.2, 0.25) is 0 Å². The summed E-state index contributed by atoms with van der Waals surface area (Å²) in [6.45, 7) is 0.618. The van der Waals surface area contributed by atoms with Crippen LogP contribution in [-0.4, -0.2) is 0 Å². The molecule has 0 saturated carbocycles. The largest absolute Gasteiger partial charge is 0.326 e. The van der Waals surface area contributed by atoms with E-state index in [1.54, 1.807) is 11.1 Å². The van der Waals surface area contributed by atoms with Crippen LogP contribution in [0.3, 0.4) is 0 Å². The zero-order valence-corrected chi connectivity index (χ0v) is 11.9. The molecule has 1 aliphatic rings. The molecule has 3 rings (SSSR count). The van der Waals surface area contributed by atoms with E-state index >= 15 is 0 Å². The van der Waals surface area contributed by atoms with Crippen molar-refractivity contribution in [1.82, 2.24) is 0 Å². The van der Waals surface area contributed by atoms with E-state index in [-0.39, 0.29) is 0 Å². The third kappa shape index (κ3) is 3.02. The molecule has 0 aliphatic heterocycles. The third-order valence-corrected chi connectivity index (χ3v) is 4.77. The van der Waals surface area contributed by atoms with Gasteiger partial charge in [-0.2, -0.15) is 0 Å². The number of nitrogens with two attached hydrogens (primary N) is 1. The van der Waals surface area contributed by atoms with E-state index in [0.29, 0.717) is 6.54 Å². The Hall–Kier alpha value is -1.25.